The van der Waals surface area contributed by atoms with Crippen LogP contribution in [0.3, 0.4) is 0 Å². The number of hydrogen-bond acceptors (Lipinski definition) is 4. The zero-order chi connectivity index (χ0) is 21.7. The molecule has 1 N–H and O–H groups in total. The van der Waals surface area contributed by atoms with E-state index in [2.05, 4.69) is 10.2 Å². The van der Waals surface area contributed by atoms with Crippen molar-refractivity contribution in [3.05, 3.63) is 52.3 Å². The number of piperidine rings is 1. The number of rotatable bonds is 3. The first-order chi connectivity index (χ1) is 14.1. The molecule has 0 spiro atoms. The molecular formula is C19H21F3N4O3S. The molecule has 0 atom stereocenters. The Labute approximate surface area is 171 Å². The van der Waals surface area contributed by atoms with E-state index in [-0.39, 0.29) is 36.2 Å². The molecule has 0 saturated carbocycles. The van der Waals surface area contributed by atoms with Gasteiger partial charge in [-0.1, -0.05) is 18.2 Å². The lowest BCUT2D eigenvalue weighted by Gasteiger charge is -2.33. The number of halogens is 3. The zero-order valence-corrected chi connectivity index (χ0v) is 17.1. The van der Waals surface area contributed by atoms with Crippen LogP contribution in [-0.4, -0.2) is 53.1 Å². The molecule has 7 nitrogen and oxygen atoms in total. The molecule has 1 amide bonds. The third-order valence-electron chi connectivity index (χ3n) is 5.78. The molecule has 3 heterocycles. The van der Waals surface area contributed by atoms with Crippen LogP contribution in [0.2, 0.25) is 0 Å². The van der Waals surface area contributed by atoms with Gasteiger partial charge < -0.3 is 4.90 Å². The molecule has 0 radical (unpaired) electrons. The highest BCUT2D eigenvalue weighted by atomic mass is 32.2. The van der Waals surface area contributed by atoms with Crippen LogP contribution in [0.15, 0.2) is 24.3 Å². The van der Waals surface area contributed by atoms with Gasteiger partial charge in [-0.2, -0.15) is 22.6 Å². The number of H-pyrrole nitrogens is 1. The maximum absolute atomic E-state index is 13.3. The number of aromatic nitrogens is 2. The molecule has 0 unspecified atom stereocenters. The summed E-state index contributed by atoms with van der Waals surface area (Å²) in [6.45, 7) is 0.853. The predicted octanol–water partition coefficient (Wildman–Crippen LogP) is 2.72. The second-order valence-corrected chi connectivity index (χ2v) is 9.69. The molecule has 1 aromatic carbocycles. The number of benzene rings is 1. The first-order valence-corrected chi connectivity index (χ1v) is 11.4. The minimum Gasteiger partial charge on any atom is -0.337 e. The number of fused-ring (bicyclic) bond motifs is 1. The van der Waals surface area contributed by atoms with E-state index in [9.17, 15) is 26.4 Å². The quantitative estimate of drug-likeness (QED) is 0.792. The van der Waals surface area contributed by atoms with Gasteiger partial charge in [0.25, 0.3) is 5.91 Å². The molecule has 1 saturated heterocycles. The molecule has 2 aromatic rings. The van der Waals surface area contributed by atoms with Crippen LogP contribution >= 0.6 is 0 Å². The Morgan fingerprint density at radius 3 is 2.47 bits per heavy atom. The highest BCUT2D eigenvalue weighted by Gasteiger charge is 2.37. The molecule has 0 aliphatic carbocycles. The van der Waals surface area contributed by atoms with Gasteiger partial charge in [-0.15, -0.1) is 0 Å². The zero-order valence-electron chi connectivity index (χ0n) is 16.2. The summed E-state index contributed by atoms with van der Waals surface area (Å²) in [6, 6.07) is 5.57. The maximum Gasteiger partial charge on any atom is 0.416 e. The molecule has 30 heavy (non-hydrogen) atoms. The summed E-state index contributed by atoms with van der Waals surface area (Å²) in [6.07, 6.45) is -2.47. The molecule has 1 fully saturated rings. The lowest BCUT2D eigenvalue weighted by atomic mass is 9.86. The Morgan fingerprint density at radius 1 is 1.17 bits per heavy atom. The van der Waals surface area contributed by atoms with Crippen LogP contribution < -0.4 is 0 Å². The third kappa shape index (κ3) is 3.83. The van der Waals surface area contributed by atoms with Crippen molar-refractivity contribution in [2.24, 2.45) is 0 Å². The van der Waals surface area contributed by atoms with Gasteiger partial charge in [-0.3, -0.25) is 9.89 Å². The first kappa shape index (κ1) is 20.9. The Balaban J connectivity index is 1.46. The molecule has 162 valence electrons. The summed E-state index contributed by atoms with van der Waals surface area (Å²) in [5, 5.41) is 6.80. The van der Waals surface area contributed by atoms with E-state index >= 15 is 0 Å². The number of sulfonamides is 1. The van der Waals surface area contributed by atoms with E-state index in [1.807, 2.05) is 0 Å². The fraction of sp³-hybridized carbons (Fsp3) is 0.474. The van der Waals surface area contributed by atoms with Gasteiger partial charge in [-0.25, -0.2) is 8.42 Å². The third-order valence-corrected chi connectivity index (χ3v) is 6.98. The van der Waals surface area contributed by atoms with Gasteiger partial charge in [-0.05, 0) is 30.4 Å². The molecule has 2 aliphatic rings. The van der Waals surface area contributed by atoms with E-state index in [1.54, 1.807) is 11.0 Å². The highest BCUT2D eigenvalue weighted by Crippen LogP contribution is 2.39. The van der Waals surface area contributed by atoms with Crippen LogP contribution in [0, 0.1) is 0 Å². The number of hydrogen-bond donors (Lipinski definition) is 1. The predicted molar refractivity (Wildman–Crippen MR) is 102 cm³/mol. The van der Waals surface area contributed by atoms with E-state index in [4.69, 9.17) is 0 Å². The Bertz CT molecular complexity index is 1070. The number of nitrogens with one attached hydrogen (secondary N) is 1. The first-order valence-electron chi connectivity index (χ1n) is 9.52. The van der Waals surface area contributed by atoms with Crippen LogP contribution in [0.1, 0.15) is 51.6 Å². The summed E-state index contributed by atoms with van der Waals surface area (Å²) >= 11 is 0. The average molecular weight is 442 g/mol. The fourth-order valence-corrected chi connectivity index (χ4v) is 4.90. The van der Waals surface area contributed by atoms with Crippen LogP contribution in [-0.2, 0) is 29.3 Å². The summed E-state index contributed by atoms with van der Waals surface area (Å²) < 4.78 is 64.7. The monoisotopic (exact) mass is 442 g/mol. The lowest BCUT2D eigenvalue weighted by Crippen LogP contribution is -2.39. The Morgan fingerprint density at radius 2 is 1.83 bits per heavy atom. The molecular weight excluding hydrogens is 421 g/mol. The van der Waals surface area contributed by atoms with Crippen molar-refractivity contribution >= 4 is 15.9 Å². The van der Waals surface area contributed by atoms with Crippen molar-refractivity contribution in [2.45, 2.75) is 38.0 Å². The standard InChI is InChI=1S/C19H21F3N4O3S/c1-30(28,29)26-10-14-16(11-26)23-24-17(14)18(27)25-8-6-12(7-9-25)13-4-2-3-5-15(13)19(20,21)22/h2-5,12H,6-11H2,1H3,(H,23,24). The van der Waals surface area contributed by atoms with Crippen molar-refractivity contribution in [3.63, 3.8) is 0 Å². The van der Waals surface area contributed by atoms with Gasteiger partial charge >= 0.3 is 6.18 Å². The fourth-order valence-electron chi connectivity index (χ4n) is 4.18. The molecule has 11 heteroatoms. The normalized spacial score (nSPS) is 18.6. The lowest BCUT2D eigenvalue weighted by molar-refractivity contribution is -0.138. The average Bonchev–Trinajstić information content (AvgIpc) is 3.28. The van der Waals surface area contributed by atoms with Crippen LogP contribution in [0.25, 0.3) is 0 Å². The SMILES string of the molecule is CS(=O)(=O)N1Cc2[nH]nc(C(=O)N3CCC(c4ccccc4C(F)(F)F)CC3)c2C1. The van der Waals surface area contributed by atoms with Crippen molar-refractivity contribution in [1.82, 2.24) is 19.4 Å². The van der Waals surface area contributed by atoms with Gasteiger partial charge in [0.1, 0.15) is 0 Å². The van der Waals surface area contributed by atoms with Crippen molar-refractivity contribution < 1.29 is 26.4 Å². The number of likely N-dealkylation sites (tertiary alicyclic amines) is 1. The van der Waals surface area contributed by atoms with Crippen molar-refractivity contribution in [2.75, 3.05) is 19.3 Å². The van der Waals surface area contributed by atoms with Crippen molar-refractivity contribution in [3.8, 4) is 0 Å². The second-order valence-electron chi connectivity index (χ2n) is 7.71. The minimum absolute atomic E-state index is 0.0845. The number of aromatic amines is 1. The van der Waals surface area contributed by atoms with Crippen LogP contribution in [0.4, 0.5) is 13.2 Å². The van der Waals surface area contributed by atoms with Gasteiger partial charge in [0.05, 0.1) is 24.1 Å². The highest BCUT2D eigenvalue weighted by molar-refractivity contribution is 7.88. The topological polar surface area (TPSA) is 86.4 Å². The van der Waals surface area contributed by atoms with Crippen molar-refractivity contribution in [1.29, 1.82) is 0 Å². The smallest absolute Gasteiger partial charge is 0.337 e. The number of amides is 1. The van der Waals surface area contributed by atoms with E-state index in [1.165, 1.54) is 16.4 Å². The molecule has 2 aliphatic heterocycles. The minimum atomic E-state index is -4.41. The van der Waals surface area contributed by atoms with Crippen LogP contribution in [0.5, 0.6) is 0 Å². The van der Waals surface area contributed by atoms with Gasteiger partial charge in [0.15, 0.2) is 5.69 Å². The molecule has 4 rings (SSSR count). The van der Waals surface area contributed by atoms with E-state index < -0.39 is 21.8 Å². The van der Waals surface area contributed by atoms with Gasteiger partial charge in [0, 0.05) is 25.2 Å². The maximum atomic E-state index is 13.3. The number of alkyl halides is 3. The Hall–Kier alpha value is -2.40. The van der Waals surface area contributed by atoms with E-state index in [0.717, 1.165) is 12.3 Å². The summed E-state index contributed by atoms with van der Waals surface area (Å²) in [5.41, 5.74) is 0.986. The molecule has 0 bridgehead atoms. The molecule has 1 aromatic heterocycles. The van der Waals surface area contributed by atoms with E-state index in [0.29, 0.717) is 37.2 Å². The Kier molecular flexibility index (Phi) is 5.13. The second kappa shape index (κ2) is 7.38. The number of carbonyl (C=O) groups is 1. The summed E-state index contributed by atoms with van der Waals surface area (Å²) in [4.78, 5) is 14.5. The largest absolute Gasteiger partial charge is 0.416 e. The number of carbonyl (C=O) groups excluding carboxylic acids is 1. The summed E-state index contributed by atoms with van der Waals surface area (Å²) in [7, 11) is -3.39. The summed E-state index contributed by atoms with van der Waals surface area (Å²) in [5.74, 6) is -0.608. The number of nitrogens with zero attached hydrogens (tertiary/aromatic N) is 3. The van der Waals surface area contributed by atoms with Gasteiger partial charge in [0.2, 0.25) is 10.0 Å².